The smallest absolute Gasteiger partial charge is 0.337 e. The summed E-state index contributed by atoms with van der Waals surface area (Å²) in [5.41, 5.74) is -6.72. The minimum atomic E-state index is -1.86. The molecule has 0 radical (unpaired) electrons. The van der Waals surface area contributed by atoms with Gasteiger partial charge in [-0.3, -0.25) is 0 Å². The van der Waals surface area contributed by atoms with Gasteiger partial charge in [0.25, 0.3) is 0 Å². The fourth-order valence-corrected chi connectivity index (χ4v) is 5.63. The van der Waals surface area contributed by atoms with Crippen LogP contribution in [0.25, 0.3) is 44.2 Å². The third-order valence-corrected chi connectivity index (χ3v) is 7.41. The summed E-state index contributed by atoms with van der Waals surface area (Å²) in [5, 5.41) is 62.1. The van der Waals surface area contributed by atoms with Gasteiger partial charge in [-0.25, -0.2) is 28.8 Å². The highest BCUT2D eigenvalue weighted by Crippen LogP contribution is 2.48. The molecule has 228 valence electrons. The van der Waals surface area contributed by atoms with Gasteiger partial charge in [-0.2, -0.15) is 0 Å². The van der Waals surface area contributed by atoms with Crippen molar-refractivity contribution in [2.45, 2.75) is 0 Å². The molecule has 0 bridgehead atoms. The fraction of sp³-hybridized carbons (Fsp3) is 0. The zero-order valence-electron chi connectivity index (χ0n) is 23.2. The second-order valence-electron chi connectivity index (χ2n) is 9.91. The van der Waals surface area contributed by atoms with E-state index in [1.807, 2.05) is 0 Å². The molecule has 0 aliphatic rings. The Morgan fingerprint density at radius 3 is 1.30 bits per heavy atom. The summed E-state index contributed by atoms with van der Waals surface area (Å²) >= 11 is 0. The Morgan fingerprint density at radius 2 is 0.804 bits per heavy atom. The first kappa shape index (κ1) is 30.6. The van der Waals surface area contributed by atoms with Crippen LogP contribution in [0.2, 0.25) is 0 Å². The third kappa shape index (κ3) is 5.05. The highest BCUT2D eigenvalue weighted by Gasteiger charge is 2.34. The van der Waals surface area contributed by atoms with E-state index in [1.54, 1.807) is 42.5 Å². The van der Waals surface area contributed by atoms with Crippen LogP contribution in [-0.4, -0.2) is 66.5 Å². The molecule has 12 heteroatoms. The zero-order valence-corrected chi connectivity index (χ0v) is 23.2. The van der Waals surface area contributed by atoms with Crippen LogP contribution in [-0.2, 0) is 0 Å². The molecular formula is C34H20O12. The molecule has 0 fully saturated rings. The average molecular weight is 621 g/mol. The molecule has 6 N–H and O–H groups in total. The molecule has 0 aliphatic carbocycles. The van der Waals surface area contributed by atoms with Crippen LogP contribution in [0, 0.1) is 0 Å². The molecule has 46 heavy (non-hydrogen) atoms. The highest BCUT2D eigenvalue weighted by atomic mass is 16.4. The van der Waals surface area contributed by atoms with E-state index in [1.165, 1.54) is 12.1 Å². The molecule has 0 saturated heterocycles. The standard InChI is InChI=1S/C34H20O12/c35-29(36)20-12-4-10-18(25(20)32(41)42)24-22(17-9-3-7-15-6-1-2-8-16(15)17)14-23(31(39)40)28(34(45)46)27(24)19-11-5-13-21(30(37)38)26(19)33(43)44/h1-14H,(H,35,36)(H,37,38)(H,39,40)(H,41,42)(H,43,44)(H,45,46). The van der Waals surface area contributed by atoms with E-state index >= 15 is 0 Å². The van der Waals surface area contributed by atoms with Crippen LogP contribution in [0.3, 0.4) is 0 Å². The summed E-state index contributed by atoms with van der Waals surface area (Å²) in [6.07, 6.45) is 0. The molecule has 0 saturated carbocycles. The first-order valence-electron chi connectivity index (χ1n) is 13.2. The van der Waals surface area contributed by atoms with E-state index in [4.69, 9.17) is 0 Å². The first-order valence-corrected chi connectivity index (χ1v) is 13.2. The van der Waals surface area contributed by atoms with Crippen molar-refractivity contribution in [3.8, 4) is 33.4 Å². The SMILES string of the molecule is O=C(O)c1cccc(-c2c(-c3cccc4ccccc34)cc(C(=O)O)c(C(=O)O)c2-c2cccc(C(=O)O)c2C(=O)O)c1C(=O)O. The number of benzene rings is 5. The Kier molecular flexibility index (Phi) is 7.79. The van der Waals surface area contributed by atoms with E-state index in [-0.39, 0.29) is 22.3 Å². The highest BCUT2D eigenvalue weighted by molar-refractivity contribution is 6.19. The predicted molar refractivity (Wildman–Crippen MR) is 162 cm³/mol. The van der Waals surface area contributed by atoms with Crippen molar-refractivity contribution in [3.63, 3.8) is 0 Å². The van der Waals surface area contributed by atoms with Crippen LogP contribution in [0.5, 0.6) is 0 Å². The van der Waals surface area contributed by atoms with Gasteiger partial charge in [0.1, 0.15) is 0 Å². The number of aromatic carboxylic acids is 6. The Bertz CT molecular complexity index is 2170. The Balaban J connectivity index is 2.19. The topological polar surface area (TPSA) is 224 Å². The van der Waals surface area contributed by atoms with Crippen LogP contribution in [0.4, 0.5) is 0 Å². The van der Waals surface area contributed by atoms with E-state index in [9.17, 15) is 59.4 Å². The van der Waals surface area contributed by atoms with Crippen LogP contribution in [0.15, 0.2) is 84.9 Å². The summed E-state index contributed by atoms with van der Waals surface area (Å²) in [4.78, 5) is 75.2. The Morgan fingerprint density at radius 1 is 0.370 bits per heavy atom. The molecule has 0 unspecified atom stereocenters. The summed E-state index contributed by atoms with van der Waals surface area (Å²) in [7, 11) is 0. The first-order chi connectivity index (χ1) is 21.8. The lowest BCUT2D eigenvalue weighted by atomic mass is 9.78. The van der Waals surface area contributed by atoms with Gasteiger partial charge in [-0.15, -0.1) is 0 Å². The Labute approximate surface area is 257 Å². The van der Waals surface area contributed by atoms with E-state index in [2.05, 4.69) is 0 Å². The van der Waals surface area contributed by atoms with Gasteiger partial charge in [0.15, 0.2) is 0 Å². The third-order valence-electron chi connectivity index (χ3n) is 7.41. The van der Waals surface area contributed by atoms with E-state index in [0.717, 1.165) is 30.3 Å². The number of carboxylic acids is 6. The minimum Gasteiger partial charge on any atom is -0.478 e. The number of carbonyl (C=O) groups is 6. The lowest BCUT2D eigenvalue weighted by Gasteiger charge is -2.24. The second-order valence-corrected chi connectivity index (χ2v) is 9.91. The zero-order chi connectivity index (χ0) is 33.4. The van der Waals surface area contributed by atoms with Gasteiger partial charge in [-0.05, 0) is 56.8 Å². The minimum absolute atomic E-state index is 0.0868. The predicted octanol–water partition coefficient (Wildman–Crippen LogP) is 6.03. The molecular weight excluding hydrogens is 600 g/mol. The number of hydrogen-bond acceptors (Lipinski definition) is 6. The maximum Gasteiger partial charge on any atom is 0.337 e. The molecule has 5 aromatic rings. The van der Waals surface area contributed by atoms with E-state index in [0.29, 0.717) is 10.8 Å². The van der Waals surface area contributed by atoms with Gasteiger partial charge < -0.3 is 30.6 Å². The largest absolute Gasteiger partial charge is 0.478 e. The fourth-order valence-electron chi connectivity index (χ4n) is 5.63. The van der Waals surface area contributed by atoms with Gasteiger partial charge >= 0.3 is 35.8 Å². The lowest BCUT2D eigenvalue weighted by Crippen LogP contribution is -2.16. The monoisotopic (exact) mass is 620 g/mol. The number of hydrogen-bond donors (Lipinski definition) is 6. The van der Waals surface area contributed by atoms with Crippen molar-refractivity contribution in [1.82, 2.24) is 0 Å². The van der Waals surface area contributed by atoms with E-state index < -0.39 is 80.3 Å². The molecule has 0 heterocycles. The van der Waals surface area contributed by atoms with Crippen LogP contribution < -0.4 is 0 Å². The lowest BCUT2D eigenvalue weighted by molar-refractivity contribution is 0.0650. The maximum absolute atomic E-state index is 12.9. The van der Waals surface area contributed by atoms with Gasteiger partial charge in [-0.1, -0.05) is 66.7 Å². The second kappa shape index (κ2) is 11.7. The quantitative estimate of drug-likeness (QED) is 0.111. The summed E-state index contributed by atoms with van der Waals surface area (Å²) in [5.74, 6) is -10.5. The average Bonchev–Trinajstić information content (AvgIpc) is 3.02. The van der Waals surface area contributed by atoms with Gasteiger partial charge in [0, 0.05) is 5.56 Å². The van der Waals surface area contributed by atoms with Crippen molar-refractivity contribution < 1.29 is 59.4 Å². The molecule has 12 nitrogen and oxygen atoms in total. The summed E-state index contributed by atoms with van der Waals surface area (Å²) in [6, 6.07) is 19.2. The molecule has 5 rings (SSSR count). The number of rotatable bonds is 9. The molecule has 0 aromatic heterocycles. The molecule has 5 aromatic carbocycles. The molecule has 0 amide bonds. The molecule has 0 aliphatic heterocycles. The van der Waals surface area contributed by atoms with Crippen molar-refractivity contribution in [1.29, 1.82) is 0 Å². The normalized spacial score (nSPS) is 10.8. The van der Waals surface area contributed by atoms with Crippen molar-refractivity contribution in [2.24, 2.45) is 0 Å². The van der Waals surface area contributed by atoms with Crippen molar-refractivity contribution in [3.05, 3.63) is 118 Å². The van der Waals surface area contributed by atoms with Crippen LogP contribution >= 0.6 is 0 Å². The maximum atomic E-state index is 12.9. The molecule has 0 spiro atoms. The number of fused-ring (bicyclic) bond motifs is 1. The summed E-state index contributed by atoms with van der Waals surface area (Å²) < 4.78 is 0. The van der Waals surface area contributed by atoms with Crippen molar-refractivity contribution >= 4 is 46.6 Å². The van der Waals surface area contributed by atoms with Gasteiger partial charge in [0.05, 0.1) is 33.4 Å². The molecule has 0 atom stereocenters. The van der Waals surface area contributed by atoms with Gasteiger partial charge in [0.2, 0.25) is 0 Å². The van der Waals surface area contributed by atoms with Crippen LogP contribution in [0.1, 0.15) is 62.1 Å². The van der Waals surface area contributed by atoms with Crippen molar-refractivity contribution in [2.75, 3.05) is 0 Å². The number of carboxylic acid groups (broad SMARTS) is 6. The Hall–Kier alpha value is -6.82. The summed E-state index contributed by atoms with van der Waals surface area (Å²) in [6.45, 7) is 0.